The highest BCUT2D eigenvalue weighted by Crippen LogP contribution is 2.35. The highest BCUT2D eigenvalue weighted by molar-refractivity contribution is 5.88. The van der Waals surface area contributed by atoms with Gasteiger partial charge in [-0.2, -0.15) is 0 Å². The van der Waals surface area contributed by atoms with Crippen LogP contribution in [0, 0.1) is 5.41 Å². The third-order valence-electron chi connectivity index (χ3n) is 4.98. The van der Waals surface area contributed by atoms with Gasteiger partial charge >= 0.3 is 0 Å². The Morgan fingerprint density at radius 2 is 2.12 bits per heavy atom. The minimum atomic E-state index is -0.479. The van der Waals surface area contributed by atoms with Crippen molar-refractivity contribution >= 4 is 11.6 Å². The molecule has 0 radical (unpaired) electrons. The summed E-state index contributed by atoms with van der Waals surface area (Å²) in [5.74, 6) is -0.0819. The van der Waals surface area contributed by atoms with E-state index in [0.29, 0.717) is 19.6 Å². The fourth-order valence-corrected chi connectivity index (χ4v) is 3.58. The predicted molar refractivity (Wildman–Crippen MR) is 97.3 cm³/mol. The smallest absolute Gasteiger partial charge is 0.221 e. The molecule has 0 unspecified atom stereocenters. The molecule has 0 bridgehead atoms. The van der Waals surface area contributed by atoms with Crippen LogP contribution < -0.4 is 5.32 Å². The first-order valence-corrected chi connectivity index (χ1v) is 8.86. The van der Waals surface area contributed by atoms with Gasteiger partial charge in [-0.25, -0.2) is 0 Å². The number of nitrogens with one attached hydrogen (secondary N) is 1. The van der Waals surface area contributed by atoms with Crippen molar-refractivity contribution in [2.24, 2.45) is 5.41 Å². The second-order valence-corrected chi connectivity index (χ2v) is 7.01. The number of hydrogen-bond acceptors (Lipinski definition) is 5. The molecule has 2 rings (SSSR count). The van der Waals surface area contributed by atoms with E-state index in [4.69, 9.17) is 4.74 Å². The van der Waals surface area contributed by atoms with E-state index in [1.165, 1.54) is 6.92 Å². The van der Waals surface area contributed by atoms with Gasteiger partial charge in [0.2, 0.25) is 5.91 Å². The number of ether oxygens (including phenoxy) is 1. The Kier molecular flexibility index (Phi) is 7.38. The van der Waals surface area contributed by atoms with Gasteiger partial charge in [0, 0.05) is 51.4 Å². The molecule has 0 saturated carbocycles. The molecule has 0 aromatic heterocycles. The fraction of sp³-hybridized carbons (Fsp3) is 0.632. The van der Waals surface area contributed by atoms with Crippen LogP contribution in [0.2, 0.25) is 0 Å². The van der Waals surface area contributed by atoms with Gasteiger partial charge in [0.05, 0.1) is 12.7 Å². The first-order valence-electron chi connectivity index (χ1n) is 8.86. The number of amides is 1. The summed E-state index contributed by atoms with van der Waals surface area (Å²) in [5.41, 5.74) is 1.45. The van der Waals surface area contributed by atoms with Gasteiger partial charge in [0.15, 0.2) is 0 Å². The summed E-state index contributed by atoms with van der Waals surface area (Å²) in [6.45, 7) is 4.35. The molecular formula is C19H30N2O4. The fourth-order valence-electron chi connectivity index (χ4n) is 3.58. The number of piperidine rings is 1. The molecule has 140 valence electrons. The lowest BCUT2D eigenvalue weighted by molar-refractivity contribution is -0.114. The zero-order valence-electron chi connectivity index (χ0n) is 15.2. The minimum Gasteiger partial charge on any atom is -0.396 e. The van der Waals surface area contributed by atoms with Crippen molar-refractivity contribution < 1.29 is 19.7 Å². The third-order valence-corrected chi connectivity index (χ3v) is 4.98. The van der Waals surface area contributed by atoms with Gasteiger partial charge in [-0.15, -0.1) is 0 Å². The van der Waals surface area contributed by atoms with Crippen LogP contribution in [0.1, 0.15) is 31.7 Å². The van der Waals surface area contributed by atoms with E-state index in [1.54, 1.807) is 7.11 Å². The monoisotopic (exact) mass is 350 g/mol. The van der Waals surface area contributed by atoms with Gasteiger partial charge < -0.3 is 20.3 Å². The zero-order valence-corrected chi connectivity index (χ0v) is 15.2. The van der Waals surface area contributed by atoms with Crippen LogP contribution in [0.15, 0.2) is 24.3 Å². The van der Waals surface area contributed by atoms with Crippen molar-refractivity contribution in [3.8, 4) is 0 Å². The number of nitrogens with zero attached hydrogens (tertiary/aromatic N) is 1. The summed E-state index contributed by atoms with van der Waals surface area (Å²) in [5, 5.41) is 23.2. The molecule has 6 nitrogen and oxygen atoms in total. The Bertz CT molecular complexity index is 549. The van der Waals surface area contributed by atoms with Crippen LogP contribution in [-0.2, 0) is 16.1 Å². The molecule has 1 aromatic carbocycles. The summed E-state index contributed by atoms with van der Waals surface area (Å²) in [7, 11) is 1.67. The van der Waals surface area contributed by atoms with Gasteiger partial charge in [-0.3, -0.25) is 9.69 Å². The molecule has 1 amide bonds. The highest BCUT2D eigenvalue weighted by Gasteiger charge is 2.41. The van der Waals surface area contributed by atoms with E-state index < -0.39 is 11.5 Å². The molecule has 0 spiro atoms. The lowest BCUT2D eigenvalue weighted by Crippen LogP contribution is -2.53. The molecule has 1 aromatic rings. The van der Waals surface area contributed by atoms with Crippen LogP contribution in [-0.4, -0.2) is 60.5 Å². The molecule has 25 heavy (non-hydrogen) atoms. The summed E-state index contributed by atoms with van der Waals surface area (Å²) in [6.07, 6.45) is 1.76. The summed E-state index contributed by atoms with van der Waals surface area (Å²) in [4.78, 5) is 13.4. The van der Waals surface area contributed by atoms with Crippen molar-refractivity contribution in [2.45, 2.75) is 38.8 Å². The predicted octanol–water partition coefficient (Wildman–Crippen LogP) is 1.62. The maximum absolute atomic E-state index is 11.1. The van der Waals surface area contributed by atoms with Gasteiger partial charge in [0.1, 0.15) is 0 Å². The molecule has 2 atom stereocenters. The van der Waals surface area contributed by atoms with Crippen LogP contribution in [0.3, 0.4) is 0 Å². The molecule has 0 aliphatic carbocycles. The summed E-state index contributed by atoms with van der Waals surface area (Å²) < 4.78 is 5.11. The number of rotatable bonds is 8. The van der Waals surface area contributed by atoms with Crippen molar-refractivity contribution in [1.82, 2.24) is 4.90 Å². The van der Waals surface area contributed by atoms with Crippen LogP contribution in [0.25, 0.3) is 0 Å². The lowest BCUT2D eigenvalue weighted by atomic mass is 9.74. The number of benzene rings is 1. The normalized spacial score (nSPS) is 24.2. The molecule has 1 heterocycles. The van der Waals surface area contributed by atoms with Crippen molar-refractivity contribution in [1.29, 1.82) is 0 Å². The first-order chi connectivity index (χ1) is 12.0. The van der Waals surface area contributed by atoms with Gasteiger partial charge in [0.25, 0.3) is 0 Å². The number of anilines is 1. The Morgan fingerprint density at radius 3 is 2.72 bits per heavy atom. The minimum absolute atomic E-state index is 0.0180. The second kappa shape index (κ2) is 9.29. The molecular weight excluding hydrogens is 320 g/mol. The number of aliphatic hydroxyl groups excluding tert-OH is 2. The maximum Gasteiger partial charge on any atom is 0.221 e. The van der Waals surface area contributed by atoms with E-state index in [2.05, 4.69) is 10.2 Å². The zero-order chi connectivity index (χ0) is 18.3. The second-order valence-electron chi connectivity index (χ2n) is 7.01. The summed E-state index contributed by atoms with van der Waals surface area (Å²) in [6, 6.07) is 7.80. The SMILES string of the molecule is COCCC[C@@]1(CO)CN(Cc2ccc(NC(C)=O)cc2)CC[C@H]1O. The topological polar surface area (TPSA) is 82.0 Å². The molecule has 1 saturated heterocycles. The Morgan fingerprint density at radius 1 is 1.40 bits per heavy atom. The highest BCUT2D eigenvalue weighted by atomic mass is 16.5. The van der Waals surface area contributed by atoms with Crippen molar-refractivity contribution in [2.75, 3.05) is 38.7 Å². The Balaban J connectivity index is 1.98. The maximum atomic E-state index is 11.1. The third kappa shape index (κ3) is 5.51. The van der Waals surface area contributed by atoms with Crippen LogP contribution in [0.4, 0.5) is 5.69 Å². The molecule has 1 aliphatic rings. The van der Waals surface area contributed by atoms with E-state index in [-0.39, 0.29) is 12.5 Å². The first kappa shape index (κ1) is 19.8. The number of methoxy groups -OCH3 is 1. The Hall–Kier alpha value is -1.47. The number of aliphatic hydroxyl groups is 2. The largest absolute Gasteiger partial charge is 0.396 e. The number of hydrogen-bond donors (Lipinski definition) is 3. The van der Waals surface area contributed by atoms with Crippen molar-refractivity contribution in [3.63, 3.8) is 0 Å². The average molecular weight is 350 g/mol. The quantitative estimate of drug-likeness (QED) is 0.621. The lowest BCUT2D eigenvalue weighted by Gasteiger charge is -2.45. The van der Waals surface area contributed by atoms with Crippen LogP contribution >= 0.6 is 0 Å². The molecule has 6 heteroatoms. The van der Waals surface area contributed by atoms with Gasteiger partial charge in [-0.1, -0.05) is 12.1 Å². The molecule has 1 aliphatic heterocycles. The number of carbonyl (C=O) groups is 1. The molecule has 3 N–H and O–H groups in total. The molecule has 1 fully saturated rings. The van der Waals surface area contributed by atoms with Crippen molar-refractivity contribution in [3.05, 3.63) is 29.8 Å². The van der Waals surface area contributed by atoms with Crippen LogP contribution in [0.5, 0.6) is 0 Å². The van der Waals surface area contributed by atoms with E-state index >= 15 is 0 Å². The number of likely N-dealkylation sites (tertiary alicyclic amines) is 1. The van der Waals surface area contributed by atoms with E-state index in [0.717, 1.165) is 37.2 Å². The Labute approximate surface area is 149 Å². The standard InChI is InChI=1S/C19H30N2O4/c1-15(23)20-17-6-4-16(5-7-17)12-21-10-8-18(24)19(13-21,14-22)9-3-11-25-2/h4-7,18,22,24H,3,8-14H2,1-2H3,(H,20,23)/t18-,19+/m1/s1. The van der Waals surface area contributed by atoms with E-state index in [9.17, 15) is 15.0 Å². The van der Waals surface area contributed by atoms with E-state index in [1.807, 2.05) is 24.3 Å². The van der Waals surface area contributed by atoms with Gasteiger partial charge in [-0.05, 0) is 37.0 Å². The number of carbonyl (C=O) groups excluding carboxylic acids is 1. The summed E-state index contributed by atoms with van der Waals surface area (Å²) >= 11 is 0. The average Bonchev–Trinajstić information content (AvgIpc) is 2.59.